The van der Waals surface area contributed by atoms with Gasteiger partial charge in [-0.1, -0.05) is 30.3 Å². The minimum Gasteiger partial charge on any atom is -0.366 e. The fourth-order valence-electron chi connectivity index (χ4n) is 2.04. The van der Waals surface area contributed by atoms with Gasteiger partial charge >= 0.3 is 0 Å². The van der Waals surface area contributed by atoms with E-state index in [1.807, 2.05) is 30.3 Å². The molecule has 4 nitrogen and oxygen atoms in total. The van der Waals surface area contributed by atoms with Gasteiger partial charge in [-0.15, -0.1) is 0 Å². The molecule has 0 aliphatic heterocycles. The first-order chi connectivity index (χ1) is 11.2. The second-order valence-corrected chi connectivity index (χ2v) is 4.88. The van der Waals surface area contributed by atoms with Crippen molar-refractivity contribution in [3.05, 3.63) is 78.1 Å². The maximum absolute atomic E-state index is 13.6. The fourth-order valence-corrected chi connectivity index (χ4v) is 2.04. The first-order valence-corrected chi connectivity index (χ1v) is 7.02. The van der Waals surface area contributed by atoms with E-state index in [9.17, 15) is 8.78 Å². The highest BCUT2D eigenvalue weighted by Gasteiger charge is 2.05. The van der Waals surface area contributed by atoms with Crippen molar-refractivity contribution in [2.45, 2.75) is 6.54 Å². The quantitative estimate of drug-likeness (QED) is 0.744. The molecular weight excluding hydrogens is 298 g/mol. The molecule has 0 amide bonds. The van der Waals surface area contributed by atoms with Crippen LogP contribution in [0.25, 0.3) is 0 Å². The molecule has 2 N–H and O–H groups in total. The maximum atomic E-state index is 13.6. The topological polar surface area (TPSA) is 49.8 Å². The van der Waals surface area contributed by atoms with E-state index in [1.54, 1.807) is 6.07 Å². The Morgan fingerprint density at radius 2 is 1.65 bits per heavy atom. The molecule has 0 saturated heterocycles. The van der Waals surface area contributed by atoms with Gasteiger partial charge in [-0.25, -0.2) is 18.7 Å². The number of benzene rings is 2. The zero-order chi connectivity index (χ0) is 16.1. The van der Waals surface area contributed by atoms with E-state index in [1.165, 1.54) is 18.5 Å². The largest absolute Gasteiger partial charge is 0.366 e. The molecule has 3 rings (SSSR count). The van der Waals surface area contributed by atoms with Crippen LogP contribution in [0.5, 0.6) is 0 Å². The summed E-state index contributed by atoms with van der Waals surface area (Å²) in [5.74, 6) is -0.279. The predicted octanol–water partition coefficient (Wildman–Crippen LogP) is 4.11. The minimum atomic E-state index is -0.678. The summed E-state index contributed by atoms with van der Waals surface area (Å²) in [4.78, 5) is 8.15. The normalized spacial score (nSPS) is 10.3. The molecule has 0 unspecified atom stereocenters. The van der Waals surface area contributed by atoms with Crippen LogP contribution in [0.15, 0.2) is 60.9 Å². The lowest BCUT2D eigenvalue weighted by atomic mass is 10.2. The number of hydrogen-bond donors (Lipinski definition) is 2. The first kappa shape index (κ1) is 14.9. The molecule has 0 bridgehead atoms. The van der Waals surface area contributed by atoms with Crippen molar-refractivity contribution in [3.63, 3.8) is 0 Å². The van der Waals surface area contributed by atoms with Gasteiger partial charge in [0.2, 0.25) is 0 Å². The van der Waals surface area contributed by atoms with Crippen molar-refractivity contribution in [3.8, 4) is 0 Å². The van der Waals surface area contributed by atoms with E-state index < -0.39 is 11.6 Å². The van der Waals surface area contributed by atoms with Crippen LogP contribution >= 0.6 is 0 Å². The van der Waals surface area contributed by atoms with Gasteiger partial charge in [0.25, 0.3) is 0 Å². The van der Waals surface area contributed by atoms with Gasteiger partial charge in [-0.3, -0.25) is 0 Å². The van der Waals surface area contributed by atoms with E-state index >= 15 is 0 Å². The summed E-state index contributed by atoms with van der Waals surface area (Å²) < 4.78 is 26.6. The molecule has 6 heteroatoms. The fraction of sp³-hybridized carbons (Fsp3) is 0.0588. The van der Waals surface area contributed by atoms with Crippen LogP contribution < -0.4 is 10.6 Å². The van der Waals surface area contributed by atoms with Crippen molar-refractivity contribution < 1.29 is 8.78 Å². The van der Waals surface area contributed by atoms with Gasteiger partial charge in [-0.05, 0) is 17.7 Å². The highest BCUT2D eigenvalue weighted by Crippen LogP contribution is 2.20. The van der Waals surface area contributed by atoms with Gasteiger partial charge in [0.05, 0.1) is 5.69 Å². The van der Waals surface area contributed by atoms with E-state index in [4.69, 9.17) is 0 Å². The Bertz CT molecular complexity index is 794. The van der Waals surface area contributed by atoms with Crippen LogP contribution in [-0.2, 0) is 6.54 Å². The lowest BCUT2D eigenvalue weighted by molar-refractivity contribution is 0.586. The Morgan fingerprint density at radius 3 is 2.43 bits per heavy atom. The molecule has 0 radical (unpaired) electrons. The second kappa shape index (κ2) is 6.83. The zero-order valence-electron chi connectivity index (χ0n) is 12.1. The molecule has 0 fully saturated rings. The third kappa shape index (κ3) is 4.00. The third-order valence-electron chi connectivity index (χ3n) is 3.18. The molecular formula is C17H14F2N4. The lowest BCUT2D eigenvalue weighted by Crippen LogP contribution is -2.03. The highest BCUT2D eigenvalue weighted by atomic mass is 19.1. The van der Waals surface area contributed by atoms with Gasteiger partial charge in [0, 0.05) is 18.7 Å². The van der Waals surface area contributed by atoms with Crippen LogP contribution in [0.1, 0.15) is 5.56 Å². The van der Waals surface area contributed by atoms with E-state index in [-0.39, 0.29) is 5.69 Å². The standard InChI is InChI=1S/C17H14F2N4/c18-13-6-7-15(14(19)8-13)23-17-9-16(21-11-22-17)20-10-12-4-2-1-3-5-12/h1-9,11H,10H2,(H2,20,21,22,23). The van der Waals surface area contributed by atoms with Gasteiger partial charge in [0.15, 0.2) is 0 Å². The van der Waals surface area contributed by atoms with Crippen molar-refractivity contribution in [1.29, 1.82) is 0 Å². The summed E-state index contributed by atoms with van der Waals surface area (Å²) in [6.45, 7) is 0.613. The number of hydrogen-bond acceptors (Lipinski definition) is 4. The molecule has 0 aliphatic rings. The molecule has 0 aliphatic carbocycles. The monoisotopic (exact) mass is 312 g/mol. The van der Waals surface area contributed by atoms with Crippen LogP contribution in [0.2, 0.25) is 0 Å². The molecule has 0 saturated carbocycles. The van der Waals surface area contributed by atoms with Crippen LogP contribution in [0.3, 0.4) is 0 Å². The number of aromatic nitrogens is 2. The summed E-state index contributed by atoms with van der Waals surface area (Å²) in [6, 6.07) is 14.9. The van der Waals surface area contributed by atoms with E-state index in [2.05, 4.69) is 20.6 Å². The molecule has 116 valence electrons. The lowest BCUT2D eigenvalue weighted by Gasteiger charge is -2.09. The second-order valence-electron chi connectivity index (χ2n) is 4.88. The van der Waals surface area contributed by atoms with Crippen molar-refractivity contribution in [2.24, 2.45) is 0 Å². The summed E-state index contributed by atoms with van der Waals surface area (Å²) in [6.07, 6.45) is 1.37. The predicted molar refractivity (Wildman–Crippen MR) is 85.4 cm³/mol. The average Bonchev–Trinajstić information content (AvgIpc) is 2.57. The zero-order valence-corrected chi connectivity index (χ0v) is 12.1. The van der Waals surface area contributed by atoms with Crippen LogP contribution in [0, 0.1) is 11.6 Å². The van der Waals surface area contributed by atoms with E-state index in [0.717, 1.165) is 11.6 Å². The Kier molecular flexibility index (Phi) is 4.42. The Hall–Kier alpha value is -3.02. The number of nitrogens with one attached hydrogen (secondary N) is 2. The molecule has 0 spiro atoms. The third-order valence-corrected chi connectivity index (χ3v) is 3.18. The van der Waals surface area contributed by atoms with Crippen molar-refractivity contribution >= 4 is 17.3 Å². The summed E-state index contributed by atoms with van der Waals surface area (Å²) in [7, 11) is 0. The summed E-state index contributed by atoms with van der Waals surface area (Å²) >= 11 is 0. The van der Waals surface area contributed by atoms with Crippen molar-refractivity contribution in [1.82, 2.24) is 9.97 Å². The SMILES string of the molecule is Fc1ccc(Nc2cc(NCc3ccccc3)ncn2)c(F)c1. The number of nitrogens with zero attached hydrogens (tertiary/aromatic N) is 2. The van der Waals surface area contributed by atoms with Crippen molar-refractivity contribution in [2.75, 3.05) is 10.6 Å². The Labute approximate surface area is 132 Å². The highest BCUT2D eigenvalue weighted by molar-refractivity contribution is 5.59. The molecule has 1 aromatic heterocycles. The Balaban J connectivity index is 1.69. The van der Waals surface area contributed by atoms with E-state index in [0.29, 0.717) is 18.2 Å². The van der Waals surface area contributed by atoms with Crippen LogP contribution in [0.4, 0.5) is 26.1 Å². The Morgan fingerprint density at radius 1 is 0.870 bits per heavy atom. The molecule has 3 aromatic rings. The molecule has 23 heavy (non-hydrogen) atoms. The smallest absolute Gasteiger partial charge is 0.149 e. The van der Waals surface area contributed by atoms with Gasteiger partial charge < -0.3 is 10.6 Å². The number of halogens is 2. The molecule has 1 heterocycles. The average molecular weight is 312 g/mol. The number of rotatable bonds is 5. The van der Waals surface area contributed by atoms with Gasteiger partial charge in [-0.2, -0.15) is 0 Å². The number of anilines is 3. The summed E-state index contributed by atoms with van der Waals surface area (Å²) in [5, 5.41) is 5.97. The first-order valence-electron chi connectivity index (χ1n) is 7.02. The van der Waals surface area contributed by atoms with Crippen LogP contribution in [-0.4, -0.2) is 9.97 Å². The summed E-state index contributed by atoms with van der Waals surface area (Å²) in [5.41, 5.74) is 1.27. The maximum Gasteiger partial charge on any atom is 0.149 e. The van der Waals surface area contributed by atoms with Gasteiger partial charge in [0.1, 0.15) is 29.6 Å². The molecule has 2 aromatic carbocycles. The molecule has 0 atom stereocenters. The minimum absolute atomic E-state index is 0.152.